The molecule has 1 fully saturated rings. The number of piperazine rings is 1. The molecule has 1 aliphatic heterocycles. The molecule has 0 amide bonds. The van der Waals surface area contributed by atoms with Crippen molar-refractivity contribution in [1.29, 1.82) is 0 Å². The molecule has 1 saturated heterocycles. The first-order valence-corrected chi connectivity index (χ1v) is 7.67. The van der Waals surface area contributed by atoms with Gasteiger partial charge in [0.1, 0.15) is 5.82 Å². The lowest BCUT2D eigenvalue weighted by atomic mass is 10.1. The Hall–Kier alpha value is -1.77. The summed E-state index contributed by atoms with van der Waals surface area (Å²) in [7, 11) is 1.99. The van der Waals surface area contributed by atoms with Gasteiger partial charge in [-0.3, -0.25) is 15.0 Å². The van der Waals surface area contributed by atoms with Crippen molar-refractivity contribution in [3.05, 3.63) is 45.3 Å². The smallest absolute Gasteiger partial charge is 0.324 e. The third-order valence-corrected chi connectivity index (χ3v) is 4.65. The summed E-state index contributed by atoms with van der Waals surface area (Å²) >= 11 is 1.19. The number of thiophene rings is 1. The van der Waals surface area contributed by atoms with Crippen LogP contribution in [0.4, 0.5) is 5.00 Å². The summed E-state index contributed by atoms with van der Waals surface area (Å²) in [6.07, 6.45) is 3.75. The SMILES string of the molecule is Cn1ccnc1C1CNCCN1Cc1csc([N+](=O)[O-])c1. The van der Waals surface area contributed by atoms with Gasteiger partial charge in [-0.1, -0.05) is 11.3 Å². The van der Waals surface area contributed by atoms with E-state index in [9.17, 15) is 10.1 Å². The Kier molecular flexibility index (Phi) is 4.00. The fraction of sp³-hybridized carbons (Fsp3) is 0.462. The van der Waals surface area contributed by atoms with Crippen LogP contribution in [-0.2, 0) is 13.6 Å². The van der Waals surface area contributed by atoms with Gasteiger partial charge in [0, 0.05) is 57.1 Å². The largest absolute Gasteiger partial charge is 0.337 e. The topological polar surface area (TPSA) is 76.2 Å². The second-order valence-electron chi connectivity index (χ2n) is 5.14. The molecule has 2 aromatic rings. The average molecular weight is 307 g/mol. The zero-order chi connectivity index (χ0) is 14.8. The van der Waals surface area contributed by atoms with Gasteiger partial charge in [0.05, 0.1) is 11.0 Å². The quantitative estimate of drug-likeness (QED) is 0.685. The van der Waals surface area contributed by atoms with Crippen LogP contribution in [0.25, 0.3) is 0 Å². The van der Waals surface area contributed by atoms with E-state index in [1.54, 1.807) is 12.3 Å². The lowest BCUT2D eigenvalue weighted by Crippen LogP contribution is -2.46. The first kappa shape index (κ1) is 14.2. The van der Waals surface area contributed by atoms with E-state index < -0.39 is 0 Å². The van der Waals surface area contributed by atoms with Gasteiger partial charge in [-0.25, -0.2) is 4.98 Å². The number of nitrogens with zero attached hydrogens (tertiary/aromatic N) is 4. The van der Waals surface area contributed by atoms with E-state index in [1.165, 1.54) is 11.3 Å². The molecule has 0 bridgehead atoms. The highest BCUT2D eigenvalue weighted by atomic mass is 32.1. The summed E-state index contributed by atoms with van der Waals surface area (Å²) in [6.45, 7) is 3.38. The zero-order valence-electron chi connectivity index (χ0n) is 11.7. The van der Waals surface area contributed by atoms with Crippen LogP contribution in [0.5, 0.6) is 0 Å². The van der Waals surface area contributed by atoms with Crippen LogP contribution in [0.3, 0.4) is 0 Å². The molecule has 1 N–H and O–H groups in total. The van der Waals surface area contributed by atoms with Crippen molar-refractivity contribution in [1.82, 2.24) is 19.8 Å². The molecule has 1 unspecified atom stereocenters. The Morgan fingerprint density at radius 1 is 1.62 bits per heavy atom. The van der Waals surface area contributed by atoms with Gasteiger partial charge < -0.3 is 9.88 Å². The first-order valence-electron chi connectivity index (χ1n) is 6.79. The van der Waals surface area contributed by atoms with Gasteiger partial charge in [-0.2, -0.15) is 0 Å². The third-order valence-electron chi connectivity index (χ3n) is 3.72. The molecule has 7 nitrogen and oxygen atoms in total. The van der Waals surface area contributed by atoms with Crippen molar-refractivity contribution < 1.29 is 4.92 Å². The van der Waals surface area contributed by atoms with Crippen molar-refractivity contribution in [2.75, 3.05) is 19.6 Å². The van der Waals surface area contributed by atoms with Crippen molar-refractivity contribution in [3.63, 3.8) is 0 Å². The molecule has 2 aromatic heterocycles. The van der Waals surface area contributed by atoms with E-state index in [-0.39, 0.29) is 16.0 Å². The Morgan fingerprint density at radius 2 is 2.48 bits per heavy atom. The standard InChI is InChI=1S/C13H17N5O2S/c1-16-4-3-15-13(16)11-7-14-2-5-17(11)8-10-6-12(18(19)20)21-9-10/h3-4,6,9,11,14H,2,5,7-8H2,1H3. The van der Waals surface area contributed by atoms with E-state index >= 15 is 0 Å². The Bertz CT molecular complexity index is 638. The van der Waals surface area contributed by atoms with Crippen molar-refractivity contribution in [3.8, 4) is 0 Å². The van der Waals surface area contributed by atoms with Gasteiger partial charge in [-0.05, 0) is 5.56 Å². The Balaban J connectivity index is 1.78. The first-order chi connectivity index (χ1) is 10.1. The van der Waals surface area contributed by atoms with Gasteiger partial charge in [0.15, 0.2) is 0 Å². The highest BCUT2D eigenvalue weighted by Crippen LogP contribution is 2.27. The van der Waals surface area contributed by atoms with E-state index in [0.29, 0.717) is 6.54 Å². The van der Waals surface area contributed by atoms with E-state index in [4.69, 9.17) is 0 Å². The minimum Gasteiger partial charge on any atom is -0.337 e. The summed E-state index contributed by atoms with van der Waals surface area (Å²) in [4.78, 5) is 17.2. The zero-order valence-corrected chi connectivity index (χ0v) is 12.5. The Labute approximate surface area is 126 Å². The molecule has 3 rings (SSSR count). The molecule has 112 valence electrons. The second-order valence-corrected chi connectivity index (χ2v) is 6.03. The summed E-state index contributed by atoms with van der Waals surface area (Å²) in [5.74, 6) is 1.02. The maximum absolute atomic E-state index is 10.8. The molecule has 8 heteroatoms. The van der Waals surface area contributed by atoms with E-state index in [2.05, 4.69) is 15.2 Å². The summed E-state index contributed by atoms with van der Waals surface area (Å²) in [6, 6.07) is 1.86. The van der Waals surface area contributed by atoms with E-state index in [1.807, 2.05) is 23.2 Å². The average Bonchev–Trinajstić information content (AvgIpc) is 3.09. The maximum atomic E-state index is 10.8. The molecule has 1 atom stereocenters. The summed E-state index contributed by atoms with van der Waals surface area (Å²) in [5, 5.41) is 16.2. The summed E-state index contributed by atoms with van der Waals surface area (Å²) < 4.78 is 2.03. The van der Waals surface area contributed by atoms with Gasteiger partial charge in [0.2, 0.25) is 0 Å². The molecular formula is C13H17N5O2S. The minimum atomic E-state index is -0.331. The number of aryl methyl sites for hydroxylation is 1. The fourth-order valence-electron chi connectivity index (χ4n) is 2.66. The molecule has 0 aromatic carbocycles. The number of imidazole rings is 1. The summed E-state index contributed by atoms with van der Waals surface area (Å²) in [5.41, 5.74) is 0.993. The van der Waals surface area contributed by atoms with Crippen LogP contribution in [0.15, 0.2) is 23.8 Å². The normalized spacial score (nSPS) is 19.8. The number of hydrogen-bond donors (Lipinski definition) is 1. The van der Waals surface area contributed by atoms with E-state index in [0.717, 1.165) is 31.0 Å². The molecule has 0 aliphatic carbocycles. The molecule has 0 spiro atoms. The van der Waals surface area contributed by atoms with Crippen LogP contribution < -0.4 is 5.32 Å². The number of hydrogen-bond acceptors (Lipinski definition) is 6. The lowest BCUT2D eigenvalue weighted by molar-refractivity contribution is -0.380. The van der Waals surface area contributed by atoms with Crippen molar-refractivity contribution >= 4 is 16.3 Å². The van der Waals surface area contributed by atoms with Crippen LogP contribution in [0, 0.1) is 10.1 Å². The van der Waals surface area contributed by atoms with Crippen LogP contribution >= 0.6 is 11.3 Å². The number of aromatic nitrogens is 2. The second kappa shape index (κ2) is 5.92. The van der Waals surface area contributed by atoms with Crippen molar-refractivity contribution in [2.24, 2.45) is 7.05 Å². The Morgan fingerprint density at radius 3 is 3.14 bits per heavy atom. The number of rotatable bonds is 4. The highest BCUT2D eigenvalue weighted by Gasteiger charge is 2.27. The molecule has 1 aliphatic rings. The van der Waals surface area contributed by atoms with Crippen LogP contribution in [0.2, 0.25) is 0 Å². The molecule has 0 radical (unpaired) electrons. The van der Waals surface area contributed by atoms with Gasteiger partial charge in [-0.15, -0.1) is 0 Å². The minimum absolute atomic E-state index is 0.192. The highest BCUT2D eigenvalue weighted by molar-refractivity contribution is 7.13. The molecule has 0 saturated carbocycles. The van der Waals surface area contributed by atoms with Crippen molar-refractivity contribution in [2.45, 2.75) is 12.6 Å². The predicted octanol–water partition coefficient (Wildman–Crippen LogP) is 1.54. The number of nitro groups is 1. The van der Waals surface area contributed by atoms with Gasteiger partial charge >= 0.3 is 5.00 Å². The van der Waals surface area contributed by atoms with Crippen LogP contribution in [0.1, 0.15) is 17.4 Å². The predicted molar refractivity (Wildman–Crippen MR) is 80.2 cm³/mol. The number of nitrogens with one attached hydrogen (secondary N) is 1. The molecule has 3 heterocycles. The monoisotopic (exact) mass is 307 g/mol. The molecular weight excluding hydrogens is 290 g/mol. The third kappa shape index (κ3) is 2.97. The van der Waals surface area contributed by atoms with Gasteiger partial charge in [0.25, 0.3) is 0 Å². The van der Waals surface area contributed by atoms with Crippen LogP contribution in [-0.4, -0.2) is 39.0 Å². The lowest BCUT2D eigenvalue weighted by Gasteiger charge is -2.35. The fourth-order valence-corrected chi connectivity index (χ4v) is 3.38. The molecule has 21 heavy (non-hydrogen) atoms. The maximum Gasteiger partial charge on any atom is 0.324 e.